The maximum atomic E-state index is 12.3. The molecule has 0 spiro atoms. The zero-order valence-electron chi connectivity index (χ0n) is 29.2. The van der Waals surface area contributed by atoms with Gasteiger partial charge in [-0.2, -0.15) is 23.5 Å². The largest absolute Gasteiger partial charge is 0.507 e. The van der Waals surface area contributed by atoms with Gasteiger partial charge in [-0.25, -0.2) is 0 Å². The second kappa shape index (κ2) is 16.6. The normalized spacial score (nSPS) is 20.1. The standard InChI is InChI=1S/C37H52O8S2/c1-20-22(3)36-30(24(5)34(20)40)17-28(26(7)44-36)9-13-42-32(38)11-15-46-19-47-16-12-33(39)43-14-10-29-18-31-25(6)35(41)21(2)23(4)37(31)45-27(29)8/h26-29,40-41H,9-19H2,1-8H3. The number of fused-ring (bicyclic) bond motifs is 2. The third-order valence-electron chi connectivity index (χ3n) is 10.1. The molecule has 4 atom stereocenters. The summed E-state index contributed by atoms with van der Waals surface area (Å²) in [6.45, 7) is 16.5. The van der Waals surface area contributed by atoms with Gasteiger partial charge in [0.25, 0.3) is 0 Å². The lowest BCUT2D eigenvalue weighted by molar-refractivity contribution is -0.144. The molecule has 4 unspecified atom stereocenters. The number of thioether (sulfide) groups is 2. The average Bonchev–Trinajstić information content (AvgIpc) is 3.05. The van der Waals surface area contributed by atoms with E-state index in [0.29, 0.717) is 61.9 Å². The van der Waals surface area contributed by atoms with Crippen molar-refractivity contribution in [2.24, 2.45) is 11.8 Å². The van der Waals surface area contributed by atoms with Crippen molar-refractivity contribution in [2.45, 2.75) is 106 Å². The van der Waals surface area contributed by atoms with E-state index in [1.807, 2.05) is 41.5 Å². The maximum absolute atomic E-state index is 12.3. The Morgan fingerprint density at radius 3 is 1.43 bits per heavy atom. The van der Waals surface area contributed by atoms with Gasteiger partial charge < -0.3 is 29.2 Å². The molecule has 4 rings (SSSR count). The second-order valence-corrected chi connectivity index (χ2v) is 15.7. The second-order valence-electron chi connectivity index (χ2n) is 13.1. The van der Waals surface area contributed by atoms with E-state index in [1.165, 1.54) is 0 Å². The Bertz CT molecular complexity index is 1350. The average molecular weight is 689 g/mol. The van der Waals surface area contributed by atoms with Crippen LogP contribution in [0.15, 0.2) is 0 Å². The molecule has 10 heteroatoms. The van der Waals surface area contributed by atoms with Gasteiger partial charge in [0.2, 0.25) is 0 Å². The molecule has 0 fully saturated rings. The zero-order valence-corrected chi connectivity index (χ0v) is 30.9. The highest BCUT2D eigenvalue weighted by Crippen LogP contribution is 2.44. The lowest BCUT2D eigenvalue weighted by atomic mass is 9.84. The molecule has 0 aromatic heterocycles. The zero-order chi connectivity index (χ0) is 34.4. The minimum absolute atomic E-state index is 0.0100. The fourth-order valence-electron chi connectivity index (χ4n) is 6.52. The summed E-state index contributed by atoms with van der Waals surface area (Å²) in [5.74, 6) is 3.82. The summed E-state index contributed by atoms with van der Waals surface area (Å²) in [4.78, 5) is 24.6. The van der Waals surface area contributed by atoms with Crippen molar-refractivity contribution in [2.75, 3.05) is 29.8 Å². The number of phenolic OH excluding ortho intramolecular Hbond substituents is 2. The van der Waals surface area contributed by atoms with E-state index < -0.39 is 0 Å². The third-order valence-corrected chi connectivity index (χ3v) is 12.4. The molecule has 8 nitrogen and oxygen atoms in total. The van der Waals surface area contributed by atoms with Crippen molar-refractivity contribution in [3.8, 4) is 23.0 Å². The van der Waals surface area contributed by atoms with Crippen LogP contribution in [0.5, 0.6) is 23.0 Å². The van der Waals surface area contributed by atoms with E-state index in [4.69, 9.17) is 18.9 Å². The molecule has 0 radical (unpaired) electrons. The van der Waals surface area contributed by atoms with E-state index in [9.17, 15) is 19.8 Å². The summed E-state index contributed by atoms with van der Waals surface area (Å²) >= 11 is 3.33. The SMILES string of the molecule is Cc1c(C)c2c(c(C)c1O)CC(CCOC(=O)CCSCSCCC(=O)OCCC1Cc3c(C)c(O)c(C)c(C)c3OC1C)C(C)O2. The molecule has 2 aromatic carbocycles. The van der Waals surface area contributed by atoms with Gasteiger partial charge in [-0.1, -0.05) is 0 Å². The van der Waals surface area contributed by atoms with Crippen LogP contribution in [0.1, 0.15) is 84.0 Å². The summed E-state index contributed by atoms with van der Waals surface area (Å²) in [5, 5.41) is 21.8. The Labute approximate surface area is 288 Å². The quantitative estimate of drug-likeness (QED) is 0.117. The lowest BCUT2D eigenvalue weighted by Gasteiger charge is -2.34. The van der Waals surface area contributed by atoms with E-state index >= 15 is 0 Å². The van der Waals surface area contributed by atoms with Crippen molar-refractivity contribution in [3.05, 3.63) is 44.5 Å². The predicted octanol–water partition coefficient (Wildman–Crippen LogP) is 7.60. The van der Waals surface area contributed by atoms with E-state index in [-0.39, 0.29) is 36.0 Å². The highest BCUT2D eigenvalue weighted by atomic mass is 32.2. The molecule has 0 saturated carbocycles. The first-order valence-electron chi connectivity index (χ1n) is 16.7. The van der Waals surface area contributed by atoms with Crippen LogP contribution in [0.3, 0.4) is 0 Å². The number of esters is 2. The summed E-state index contributed by atoms with van der Waals surface area (Å²) < 4.78 is 23.5. The predicted molar refractivity (Wildman–Crippen MR) is 189 cm³/mol. The first-order chi connectivity index (χ1) is 22.3. The highest BCUT2D eigenvalue weighted by molar-refractivity contribution is 8.15. The molecular formula is C37H52O8S2. The van der Waals surface area contributed by atoms with Gasteiger partial charge >= 0.3 is 11.9 Å². The molecule has 47 heavy (non-hydrogen) atoms. The van der Waals surface area contributed by atoms with Crippen molar-refractivity contribution in [3.63, 3.8) is 0 Å². The highest BCUT2D eigenvalue weighted by Gasteiger charge is 2.32. The number of phenols is 2. The van der Waals surface area contributed by atoms with Crippen LogP contribution in [-0.4, -0.2) is 64.2 Å². The number of carbonyl (C=O) groups excluding carboxylic acids is 2. The minimum Gasteiger partial charge on any atom is -0.507 e. The van der Waals surface area contributed by atoms with Gasteiger partial charge in [0.15, 0.2) is 0 Å². The summed E-state index contributed by atoms with van der Waals surface area (Å²) in [5.41, 5.74) is 7.56. The van der Waals surface area contributed by atoms with Gasteiger partial charge in [0, 0.05) is 39.6 Å². The molecule has 2 aliphatic heterocycles. The van der Waals surface area contributed by atoms with Crippen LogP contribution in [0.25, 0.3) is 0 Å². The van der Waals surface area contributed by atoms with Gasteiger partial charge in [-0.15, -0.1) is 0 Å². The first kappa shape index (κ1) is 37.1. The minimum atomic E-state index is -0.200. The van der Waals surface area contributed by atoms with Crippen molar-refractivity contribution >= 4 is 35.5 Å². The van der Waals surface area contributed by atoms with Crippen molar-refractivity contribution in [1.82, 2.24) is 0 Å². The fourth-order valence-corrected chi connectivity index (χ4v) is 8.56. The van der Waals surface area contributed by atoms with Crippen molar-refractivity contribution in [1.29, 1.82) is 0 Å². The number of aromatic hydroxyl groups is 2. The molecule has 0 amide bonds. The van der Waals surface area contributed by atoms with Crippen LogP contribution in [0.4, 0.5) is 0 Å². The van der Waals surface area contributed by atoms with Crippen molar-refractivity contribution < 1.29 is 38.7 Å². The molecule has 2 aliphatic rings. The molecule has 260 valence electrons. The number of hydrogen-bond donors (Lipinski definition) is 2. The Morgan fingerprint density at radius 2 is 1.04 bits per heavy atom. The van der Waals surface area contributed by atoms with Crippen LogP contribution < -0.4 is 9.47 Å². The monoisotopic (exact) mass is 688 g/mol. The molecular weight excluding hydrogens is 637 g/mol. The lowest BCUT2D eigenvalue weighted by Crippen LogP contribution is -2.32. The van der Waals surface area contributed by atoms with Crippen LogP contribution in [0, 0.1) is 53.4 Å². The summed E-state index contributed by atoms with van der Waals surface area (Å²) in [6.07, 6.45) is 3.74. The number of benzene rings is 2. The number of ether oxygens (including phenoxy) is 4. The fraction of sp³-hybridized carbons (Fsp3) is 0.622. The number of hydrogen-bond acceptors (Lipinski definition) is 10. The molecule has 0 bridgehead atoms. The third kappa shape index (κ3) is 8.85. The summed E-state index contributed by atoms with van der Waals surface area (Å²) in [6, 6.07) is 0. The van der Waals surface area contributed by atoms with Crippen LogP contribution in [-0.2, 0) is 31.9 Å². The molecule has 0 saturated heterocycles. The van der Waals surface area contributed by atoms with Crippen LogP contribution in [0.2, 0.25) is 0 Å². The molecule has 2 N–H and O–H groups in total. The Morgan fingerprint density at radius 1 is 0.660 bits per heavy atom. The summed E-state index contributed by atoms with van der Waals surface area (Å²) in [7, 11) is 0. The Balaban J connectivity index is 1.04. The smallest absolute Gasteiger partial charge is 0.306 e. The van der Waals surface area contributed by atoms with Gasteiger partial charge in [-0.3, -0.25) is 9.59 Å². The molecule has 2 aromatic rings. The Kier molecular flexibility index (Phi) is 13.1. The van der Waals surface area contributed by atoms with E-state index in [0.717, 1.165) is 73.9 Å². The molecule has 2 heterocycles. The van der Waals surface area contributed by atoms with Gasteiger partial charge in [0.1, 0.15) is 23.0 Å². The topological polar surface area (TPSA) is 112 Å². The van der Waals surface area contributed by atoms with Gasteiger partial charge in [-0.05, 0) is 114 Å². The number of rotatable bonds is 14. The van der Waals surface area contributed by atoms with Crippen LogP contribution >= 0.6 is 23.5 Å². The number of carbonyl (C=O) groups is 2. The Hall–Kier alpha value is -2.72. The van der Waals surface area contributed by atoms with Gasteiger partial charge in [0.05, 0.1) is 38.3 Å². The molecule has 0 aliphatic carbocycles. The van der Waals surface area contributed by atoms with E-state index in [2.05, 4.69) is 13.8 Å². The maximum Gasteiger partial charge on any atom is 0.306 e. The van der Waals surface area contributed by atoms with E-state index in [1.54, 1.807) is 23.5 Å². The first-order valence-corrected chi connectivity index (χ1v) is 19.1.